The van der Waals surface area contributed by atoms with Gasteiger partial charge in [-0.2, -0.15) is 0 Å². The van der Waals surface area contributed by atoms with Crippen LogP contribution in [0.25, 0.3) is 0 Å². The Kier molecular flexibility index (Phi) is 5.76. The summed E-state index contributed by atoms with van der Waals surface area (Å²) in [6.07, 6.45) is 2.59. The number of nitrogens with zero attached hydrogens (tertiary/aromatic N) is 1. The normalized spacial score (nSPS) is 14.9. The SMILES string of the molecule is COc1cccc(NC(=S)N[C@@H](C)c2ccc(N3CCCC3)cc2)c1. The number of anilines is 2. The van der Waals surface area contributed by atoms with E-state index in [0.717, 1.165) is 11.4 Å². The van der Waals surface area contributed by atoms with Crippen molar-refractivity contribution >= 4 is 28.7 Å². The third kappa shape index (κ3) is 4.63. The molecule has 1 aliphatic heterocycles. The number of benzene rings is 2. The van der Waals surface area contributed by atoms with Gasteiger partial charge in [0.25, 0.3) is 0 Å². The largest absolute Gasteiger partial charge is 0.497 e. The van der Waals surface area contributed by atoms with Gasteiger partial charge in [-0.15, -0.1) is 0 Å². The minimum atomic E-state index is 0.137. The lowest BCUT2D eigenvalue weighted by Crippen LogP contribution is -2.30. The molecule has 0 aliphatic carbocycles. The van der Waals surface area contributed by atoms with Gasteiger partial charge in [0.15, 0.2) is 5.11 Å². The number of ether oxygens (including phenoxy) is 1. The van der Waals surface area contributed by atoms with Crippen molar-refractivity contribution in [2.45, 2.75) is 25.8 Å². The van der Waals surface area contributed by atoms with Crippen molar-refractivity contribution in [1.82, 2.24) is 5.32 Å². The Morgan fingerprint density at radius 3 is 2.52 bits per heavy atom. The Bertz CT molecular complexity index is 711. The van der Waals surface area contributed by atoms with Gasteiger partial charge >= 0.3 is 0 Å². The molecule has 2 N–H and O–H groups in total. The third-order valence-corrected chi connectivity index (χ3v) is 4.76. The summed E-state index contributed by atoms with van der Waals surface area (Å²) in [6, 6.07) is 16.6. The summed E-state index contributed by atoms with van der Waals surface area (Å²) in [6.45, 7) is 4.45. The average molecular weight is 356 g/mol. The fourth-order valence-electron chi connectivity index (χ4n) is 3.10. The third-order valence-electron chi connectivity index (χ3n) is 4.54. The van der Waals surface area contributed by atoms with Crippen molar-refractivity contribution in [3.8, 4) is 5.75 Å². The van der Waals surface area contributed by atoms with Crippen LogP contribution < -0.4 is 20.3 Å². The molecular formula is C20H25N3OS. The quantitative estimate of drug-likeness (QED) is 0.780. The number of thiocarbonyl (C=S) groups is 1. The second-order valence-corrected chi connectivity index (χ2v) is 6.75. The lowest BCUT2D eigenvalue weighted by molar-refractivity contribution is 0.415. The molecule has 2 aromatic carbocycles. The van der Waals surface area contributed by atoms with Crippen LogP contribution in [0.3, 0.4) is 0 Å². The Morgan fingerprint density at radius 1 is 1.12 bits per heavy atom. The molecule has 4 nitrogen and oxygen atoms in total. The fourth-order valence-corrected chi connectivity index (χ4v) is 3.39. The molecule has 1 fully saturated rings. The zero-order chi connectivity index (χ0) is 17.6. The highest BCUT2D eigenvalue weighted by atomic mass is 32.1. The maximum absolute atomic E-state index is 5.43. The molecule has 5 heteroatoms. The van der Waals surface area contributed by atoms with Crippen molar-refractivity contribution < 1.29 is 4.74 Å². The fraction of sp³-hybridized carbons (Fsp3) is 0.350. The minimum Gasteiger partial charge on any atom is -0.497 e. The highest BCUT2D eigenvalue weighted by molar-refractivity contribution is 7.80. The van der Waals surface area contributed by atoms with Gasteiger partial charge in [0.2, 0.25) is 0 Å². The molecule has 1 saturated heterocycles. The zero-order valence-electron chi connectivity index (χ0n) is 14.8. The van der Waals surface area contributed by atoms with Crippen molar-refractivity contribution in [2.75, 3.05) is 30.4 Å². The summed E-state index contributed by atoms with van der Waals surface area (Å²) >= 11 is 5.43. The first-order chi connectivity index (χ1) is 12.2. The molecule has 2 aromatic rings. The predicted octanol–water partition coefficient (Wildman–Crippen LogP) is 4.34. The van der Waals surface area contributed by atoms with Crippen molar-refractivity contribution in [3.63, 3.8) is 0 Å². The summed E-state index contributed by atoms with van der Waals surface area (Å²) in [5, 5.41) is 7.14. The van der Waals surface area contributed by atoms with E-state index < -0.39 is 0 Å². The van der Waals surface area contributed by atoms with E-state index in [4.69, 9.17) is 17.0 Å². The minimum absolute atomic E-state index is 0.137. The Hall–Kier alpha value is -2.27. The molecule has 1 aliphatic rings. The maximum Gasteiger partial charge on any atom is 0.171 e. The summed E-state index contributed by atoms with van der Waals surface area (Å²) in [7, 11) is 1.66. The summed E-state index contributed by atoms with van der Waals surface area (Å²) in [5.74, 6) is 0.804. The number of hydrogen-bond acceptors (Lipinski definition) is 3. The first kappa shape index (κ1) is 17.5. The molecule has 1 heterocycles. The molecular weight excluding hydrogens is 330 g/mol. The van der Waals surface area contributed by atoms with Gasteiger partial charge in [0.1, 0.15) is 5.75 Å². The summed E-state index contributed by atoms with van der Waals surface area (Å²) < 4.78 is 5.23. The van der Waals surface area contributed by atoms with Crippen LogP contribution in [0.2, 0.25) is 0 Å². The van der Waals surface area contributed by atoms with Gasteiger partial charge in [-0.25, -0.2) is 0 Å². The van der Waals surface area contributed by atoms with Crippen molar-refractivity contribution in [2.24, 2.45) is 0 Å². The van der Waals surface area contributed by atoms with Gasteiger partial charge in [-0.3, -0.25) is 0 Å². The molecule has 0 saturated carbocycles. The van der Waals surface area contributed by atoms with E-state index in [1.54, 1.807) is 7.11 Å². The lowest BCUT2D eigenvalue weighted by Gasteiger charge is -2.20. The Labute approximate surface area is 155 Å². The van der Waals surface area contributed by atoms with Crippen LogP contribution >= 0.6 is 12.2 Å². The zero-order valence-corrected chi connectivity index (χ0v) is 15.6. The van der Waals surface area contributed by atoms with Crippen LogP contribution in [0, 0.1) is 0 Å². The van der Waals surface area contributed by atoms with E-state index in [9.17, 15) is 0 Å². The second-order valence-electron chi connectivity index (χ2n) is 6.34. The summed E-state index contributed by atoms with van der Waals surface area (Å²) in [4.78, 5) is 2.44. The van der Waals surface area contributed by atoms with Crippen LogP contribution in [-0.2, 0) is 0 Å². The molecule has 0 spiro atoms. The van der Waals surface area contributed by atoms with E-state index in [1.807, 2.05) is 24.3 Å². The predicted molar refractivity (Wildman–Crippen MR) is 109 cm³/mol. The van der Waals surface area contributed by atoms with E-state index in [2.05, 4.69) is 46.7 Å². The van der Waals surface area contributed by atoms with E-state index in [-0.39, 0.29) is 6.04 Å². The summed E-state index contributed by atoms with van der Waals surface area (Å²) in [5.41, 5.74) is 3.44. The number of hydrogen-bond donors (Lipinski definition) is 2. The lowest BCUT2D eigenvalue weighted by atomic mass is 10.1. The topological polar surface area (TPSA) is 36.5 Å². The van der Waals surface area contributed by atoms with E-state index in [0.29, 0.717) is 5.11 Å². The molecule has 0 aromatic heterocycles. The molecule has 0 unspecified atom stereocenters. The number of nitrogens with one attached hydrogen (secondary N) is 2. The first-order valence-corrected chi connectivity index (χ1v) is 9.13. The van der Waals surface area contributed by atoms with Crippen LogP contribution in [0.4, 0.5) is 11.4 Å². The van der Waals surface area contributed by atoms with E-state index >= 15 is 0 Å². The highest BCUT2D eigenvalue weighted by Gasteiger charge is 2.13. The molecule has 0 radical (unpaired) electrons. The van der Waals surface area contributed by atoms with Gasteiger partial charge < -0.3 is 20.3 Å². The first-order valence-electron chi connectivity index (χ1n) is 8.72. The Balaban J connectivity index is 1.57. The van der Waals surface area contributed by atoms with Crippen molar-refractivity contribution in [1.29, 1.82) is 0 Å². The Morgan fingerprint density at radius 2 is 1.84 bits per heavy atom. The number of rotatable bonds is 5. The van der Waals surface area contributed by atoms with Crippen LogP contribution in [-0.4, -0.2) is 25.3 Å². The van der Waals surface area contributed by atoms with Gasteiger partial charge in [0, 0.05) is 30.5 Å². The standard InChI is InChI=1S/C20H25N3OS/c1-15(16-8-10-18(11-9-16)23-12-3-4-13-23)21-20(25)22-17-6-5-7-19(14-17)24-2/h5-11,14-15H,3-4,12-13H2,1-2H3,(H2,21,22,25)/t15-/m0/s1. The molecule has 1 atom stereocenters. The highest BCUT2D eigenvalue weighted by Crippen LogP contribution is 2.23. The van der Waals surface area contributed by atoms with E-state index in [1.165, 1.54) is 37.2 Å². The maximum atomic E-state index is 5.43. The van der Waals surface area contributed by atoms with Crippen LogP contribution in [0.5, 0.6) is 5.75 Å². The molecule has 25 heavy (non-hydrogen) atoms. The van der Waals surface area contributed by atoms with Gasteiger partial charge in [-0.1, -0.05) is 18.2 Å². The molecule has 132 valence electrons. The van der Waals surface area contributed by atoms with Crippen molar-refractivity contribution in [3.05, 3.63) is 54.1 Å². The molecule has 3 rings (SSSR count). The van der Waals surface area contributed by atoms with Crippen LogP contribution in [0.1, 0.15) is 31.4 Å². The second kappa shape index (κ2) is 8.21. The average Bonchev–Trinajstić information content (AvgIpc) is 3.16. The monoisotopic (exact) mass is 355 g/mol. The molecule has 0 amide bonds. The number of methoxy groups -OCH3 is 1. The van der Waals surface area contributed by atoms with Crippen LogP contribution in [0.15, 0.2) is 48.5 Å². The van der Waals surface area contributed by atoms with Gasteiger partial charge in [-0.05, 0) is 61.8 Å². The molecule has 0 bridgehead atoms. The van der Waals surface area contributed by atoms with Gasteiger partial charge in [0.05, 0.1) is 13.2 Å². The smallest absolute Gasteiger partial charge is 0.171 e.